The van der Waals surface area contributed by atoms with Crippen LogP contribution in [0.1, 0.15) is 19.3 Å². The third-order valence-corrected chi connectivity index (χ3v) is 3.03. The van der Waals surface area contributed by atoms with Crippen LogP contribution in [0.2, 0.25) is 0 Å². The number of hydrogen-bond acceptors (Lipinski definition) is 3. The van der Waals surface area contributed by atoms with Crippen LogP contribution in [-0.4, -0.2) is 21.4 Å². The SMILES string of the molecule is ClCC1(Nc2cnccn2)CCC1. The predicted molar refractivity (Wildman–Crippen MR) is 53.0 cm³/mol. The van der Waals surface area contributed by atoms with E-state index in [1.165, 1.54) is 6.42 Å². The van der Waals surface area contributed by atoms with Gasteiger partial charge >= 0.3 is 0 Å². The molecule has 3 nitrogen and oxygen atoms in total. The van der Waals surface area contributed by atoms with Crippen LogP contribution in [0.4, 0.5) is 5.82 Å². The van der Waals surface area contributed by atoms with E-state index in [-0.39, 0.29) is 5.54 Å². The Morgan fingerprint density at radius 3 is 2.77 bits per heavy atom. The Kier molecular flexibility index (Phi) is 2.36. The molecule has 1 aromatic rings. The zero-order valence-corrected chi connectivity index (χ0v) is 8.09. The maximum atomic E-state index is 5.90. The highest BCUT2D eigenvalue weighted by Crippen LogP contribution is 2.35. The number of rotatable bonds is 3. The average molecular weight is 198 g/mol. The standard InChI is InChI=1S/C9H12ClN3/c10-7-9(2-1-3-9)13-8-6-11-4-5-12-8/h4-6H,1-3,7H2,(H,12,13). The van der Waals surface area contributed by atoms with E-state index in [2.05, 4.69) is 15.3 Å². The summed E-state index contributed by atoms with van der Waals surface area (Å²) in [6.07, 6.45) is 8.59. The van der Waals surface area contributed by atoms with Gasteiger partial charge in [0.25, 0.3) is 0 Å². The van der Waals surface area contributed by atoms with Crippen LogP contribution in [0.3, 0.4) is 0 Å². The van der Waals surface area contributed by atoms with Crippen LogP contribution in [0.5, 0.6) is 0 Å². The van der Waals surface area contributed by atoms with Crippen molar-refractivity contribution in [3.63, 3.8) is 0 Å². The van der Waals surface area contributed by atoms with Crippen molar-refractivity contribution >= 4 is 17.4 Å². The van der Waals surface area contributed by atoms with Crippen LogP contribution in [-0.2, 0) is 0 Å². The topological polar surface area (TPSA) is 37.8 Å². The molecule has 1 aromatic heterocycles. The summed E-state index contributed by atoms with van der Waals surface area (Å²) in [5.41, 5.74) is 0.0809. The number of hydrogen-bond donors (Lipinski definition) is 1. The second-order valence-electron chi connectivity index (χ2n) is 3.48. The third-order valence-electron chi connectivity index (χ3n) is 2.52. The number of aromatic nitrogens is 2. The molecule has 0 bridgehead atoms. The first-order chi connectivity index (χ1) is 6.35. The van der Waals surface area contributed by atoms with Gasteiger partial charge in [0.15, 0.2) is 0 Å². The Labute approximate surface area is 82.5 Å². The fourth-order valence-electron chi connectivity index (χ4n) is 1.53. The molecule has 0 saturated heterocycles. The second-order valence-corrected chi connectivity index (χ2v) is 3.75. The van der Waals surface area contributed by atoms with Crippen LogP contribution < -0.4 is 5.32 Å². The number of nitrogens with one attached hydrogen (secondary N) is 1. The minimum atomic E-state index is 0.0809. The van der Waals surface area contributed by atoms with Crippen molar-refractivity contribution in [3.05, 3.63) is 18.6 Å². The molecule has 0 aromatic carbocycles. The van der Waals surface area contributed by atoms with Gasteiger partial charge in [-0.25, -0.2) is 4.98 Å². The number of alkyl halides is 1. The molecule has 2 rings (SSSR count). The molecule has 1 aliphatic carbocycles. The van der Waals surface area contributed by atoms with E-state index in [9.17, 15) is 0 Å². The zero-order chi connectivity index (χ0) is 9.15. The van der Waals surface area contributed by atoms with Gasteiger partial charge < -0.3 is 5.32 Å². The van der Waals surface area contributed by atoms with Crippen molar-refractivity contribution in [2.24, 2.45) is 0 Å². The van der Waals surface area contributed by atoms with Crippen LogP contribution >= 0.6 is 11.6 Å². The highest BCUT2D eigenvalue weighted by molar-refractivity contribution is 6.18. The summed E-state index contributed by atoms with van der Waals surface area (Å²) in [6, 6.07) is 0. The summed E-state index contributed by atoms with van der Waals surface area (Å²) in [7, 11) is 0. The first kappa shape index (κ1) is 8.75. The Balaban J connectivity index is 2.05. The highest BCUT2D eigenvalue weighted by atomic mass is 35.5. The van der Waals surface area contributed by atoms with E-state index in [1.54, 1.807) is 18.6 Å². The van der Waals surface area contributed by atoms with Crippen molar-refractivity contribution in [1.82, 2.24) is 9.97 Å². The lowest BCUT2D eigenvalue weighted by Crippen LogP contribution is -2.47. The molecule has 70 valence electrons. The van der Waals surface area contributed by atoms with Gasteiger partial charge in [0, 0.05) is 18.3 Å². The Hall–Kier alpha value is -0.830. The second kappa shape index (κ2) is 3.50. The molecular weight excluding hydrogens is 186 g/mol. The zero-order valence-electron chi connectivity index (χ0n) is 7.33. The number of nitrogens with zero attached hydrogens (tertiary/aromatic N) is 2. The summed E-state index contributed by atoms with van der Waals surface area (Å²) < 4.78 is 0. The lowest BCUT2D eigenvalue weighted by Gasteiger charge is -2.41. The van der Waals surface area contributed by atoms with Crippen molar-refractivity contribution in [1.29, 1.82) is 0 Å². The van der Waals surface area contributed by atoms with Crippen LogP contribution in [0.15, 0.2) is 18.6 Å². The Morgan fingerprint density at radius 1 is 1.46 bits per heavy atom. The van der Waals surface area contributed by atoms with Gasteiger partial charge in [-0.1, -0.05) is 0 Å². The quantitative estimate of drug-likeness (QED) is 0.754. The first-order valence-corrected chi connectivity index (χ1v) is 4.98. The molecule has 0 unspecified atom stereocenters. The minimum absolute atomic E-state index is 0.0809. The molecule has 0 aliphatic heterocycles. The summed E-state index contributed by atoms with van der Waals surface area (Å²) in [5.74, 6) is 1.46. The van der Waals surface area contributed by atoms with Crippen molar-refractivity contribution in [2.45, 2.75) is 24.8 Å². The molecule has 4 heteroatoms. The lowest BCUT2D eigenvalue weighted by atomic mass is 9.78. The van der Waals surface area contributed by atoms with Crippen molar-refractivity contribution < 1.29 is 0 Å². The Morgan fingerprint density at radius 2 is 2.31 bits per heavy atom. The largest absolute Gasteiger partial charge is 0.362 e. The van der Waals surface area contributed by atoms with E-state index in [4.69, 9.17) is 11.6 Å². The molecule has 1 aliphatic rings. The van der Waals surface area contributed by atoms with Crippen LogP contribution in [0.25, 0.3) is 0 Å². The van der Waals surface area contributed by atoms with E-state index in [1.807, 2.05) is 0 Å². The summed E-state index contributed by atoms with van der Waals surface area (Å²) in [6.45, 7) is 0. The molecule has 13 heavy (non-hydrogen) atoms. The number of anilines is 1. The fourth-order valence-corrected chi connectivity index (χ4v) is 1.86. The monoisotopic (exact) mass is 197 g/mol. The van der Waals surface area contributed by atoms with Gasteiger partial charge in [0.2, 0.25) is 0 Å². The fraction of sp³-hybridized carbons (Fsp3) is 0.556. The first-order valence-electron chi connectivity index (χ1n) is 4.45. The van der Waals surface area contributed by atoms with Gasteiger partial charge in [-0.3, -0.25) is 4.98 Å². The minimum Gasteiger partial charge on any atom is -0.362 e. The Bertz CT molecular complexity index is 266. The summed E-state index contributed by atoms with van der Waals surface area (Å²) >= 11 is 5.90. The van der Waals surface area contributed by atoms with Gasteiger partial charge in [-0.05, 0) is 19.3 Å². The molecule has 0 amide bonds. The van der Waals surface area contributed by atoms with Crippen molar-refractivity contribution in [2.75, 3.05) is 11.2 Å². The maximum absolute atomic E-state index is 5.90. The van der Waals surface area contributed by atoms with Gasteiger partial charge in [-0.2, -0.15) is 0 Å². The van der Waals surface area contributed by atoms with Gasteiger partial charge in [0.05, 0.1) is 11.7 Å². The van der Waals surface area contributed by atoms with E-state index in [0.717, 1.165) is 18.7 Å². The highest BCUT2D eigenvalue weighted by Gasteiger charge is 2.36. The molecule has 0 atom stereocenters. The van der Waals surface area contributed by atoms with Gasteiger partial charge in [0.1, 0.15) is 5.82 Å². The van der Waals surface area contributed by atoms with E-state index >= 15 is 0 Å². The lowest BCUT2D eigenvalue weighted by molar-refractivity contribution is 0.310. The molecule has 1 heterocycles. The summed E-state index contributed by atoms with van der Waals surface area (Å²) in [4.78, 5) is 8.15. The van der Waals surface area contributed by atoms with Crippen molar-refractivity contribution in [3.8, 4) is 0 Å². The summed E-state index contributed by atoms with van der Waals surface area (Å²) in [5, 5.41) is 3.34. The predicted octanol–water partition coefficient (Wildman–Crippen LogP) is 2.05. The third kappa shape index (κ3) is 1.75. The van der Waals surface area contributed by atoms with Gasteiger partial charge in [-0.15, -0.1) is 11.6 Å². The maximum Gasteiger partial charge on any atom is 0.144 e. The van der Waals surface area contributed by atoms with Crippen LogP contribution in [0, 0.1) is 0 Å². The smallest absolute Gasteiger partial charge is 0.144 e. The molecular formula is C9H12ClN3. The average Bonchev–Trinajstić information content (AvgIpc) is 2.13. The molecule has 0 radical (unpaired) electrons. The molecule has 0 spiro atoms. The van der Waals surface area contributed by atoms with E-state index in [0.29, 0.717) is 5.88 Å². The van der Waals surface area contributed by atoms with E-state index < -0.39 is 0 Å². The molecule has 1 fully saturated rings. The normalized spacial score (nSPS) is 19.2. The molecule has 1 N–H and O–H groups in total. The number of halogens is 1. The molecule has 1 saturated carbocycles.